The Hall–Kier alpha value is -2.59. The minimum absolute atomic E-state index is 0.000838. The highest BCUT2D eigenvalue weighted by Gasteiger charge is 2.23. The number of nitrogens with zero attached hydrogens (tertiary/aromatic N) is 6. The number of hydrogen-bond acceptors (Lipinski definition) is 8. The summed E-state index contributed by atoms with van der Waals surface area (Å²) in [7, 11) is 0. The lowest BCUT2D eigenvalue weighted by Crippen LogP contribution is -2.35. The van der Waals surface area contributed by atoms with Crippen LogP contribution in [0.2, 0.25) is 0 Å². The van der Waals surface area contributed by atoms with Gasteiger partial charge in [-0.1, -0.05) is 10.3 Å². The number of amides is 1. The molecule has 152 valence electrons. The monoisotopic (exact) mass is 460 g/mol. The number of aromatic nitrogens is 4. The Morgan fingerprint density at radius 1 is 1.14 bits per heavy atom. The van der Waals surface area contributed by atoms with Crippen LogP contribution in [0.3, 0.4) is 0 Å². The van der Waals surface area contributed by atoms with Gasteiger partial charge >= 0.3 is 0 Å². The molecule has 1 fully saturated rings. The molecular formula is C19H21BrN6O3. The van der Waals surface area contributed by atoms with Crippen LogP contribution in [0, 0.1) is 13.8 Å². The van der Waals surface area contributed by atoms with Crippen molar-refractivity contribution in [1.29, 1.82) is 0 Å². The zero-order valence-corrected chi connectivity index (χ0v) is 17.8. The van der Waals surface area contributed by atoms with Crippen LogP contribution < -0.4 is 0 Å². The van der Waals surface area contributed by atoms with Crippen molar-refractivity contribution in [2.45, 2.75) is 26.8 Å². The lowest BCUT2D eigenvalue weighted by molar-refractivity contribution is 0.0760. The van der Waals surface area contributed by atoms with E-state index in [0.29, 0.717) is 42.7 Å². The molecule has 1 saturated heterocycles. The summed E-state index contributed by atoms with van der Waals surface area (Å²) in [4.78, 5) is 25.4. The second-order valence-electron chi connectivity index (χ2n) is 7.03. The lowest BCUT2D eigenvalue weighted by Gasteiger charge is -2.21. The fraction of sp³-hybridized carbons (Fsp3) is 0.421. The van der Waals surface area contributed by atoms with E-state index >= 15 is 0 Å². The molecule has 4 heterocycles. The highest BCUT2D eigenvalue weighted by molar-refractivity contribution is 9.10. The number of aryl methyl sites for hydroxylation is 2. The first-order valence-corrected chi connectivity index (χ1v) is 10.2. The van der Waals surface area contributed by atoms with Gasteiger partial charge in [0.05, 0.1) is 17.8 Å². The molecule has 10 heteroatoms. The molecule has 0 radical (unpaired) electrons. The maximum atomic E-state index is 12.8. The summed E-state index contributed by atoms with van der Waals surface area (Å²) in [6.45, 7) is 7.17. The molecule has 0 bridgehead atoms. The molecule has 0 atom stereocenters. The molecule has 0 aromatic carbocycles. The molecule has 4 rings (SSSR count). The summed E-state index contributed by atoms with van der Waals surface area (Å²) in [6.07, 6.45) is 4.15. The van der Waals surface area contributed by atoms with Crippen molar-refractivity contribution in [2.75, 3.05) is 26.2 Å². The van der Waals surface area contributed by atoms with E-state index < -0.39 is 0 Å². The van der Waals surface area contributed by atoms with Gasteiger partial charge in [-0.3, -0.25) is 14.7 Å². The van der Waals surface area contributed by atoms with Gasteiger partial charge in [-0.2, -0.15) is 4.98 Å². The minimum atomic E-state index is 0.000838. The standard InChI is InChI=1S/C19H21BrN6O3/c1-12-17(13(2)28-23-12)18-22-16(24-29-18)11-25-4-3-5-26(7-6-25)19(27)14-8-15(20)10-21-9-14/h8-10H,3-7,11H2,1-2H3. The van der Waals surface area contributed by atoms with Gasteiger partial charge in [0.25, 0.3) is 11.8 Å². The van der Waals surface area contributed by atoms with Gasteiger partial charge in [0.1, 0.15) is 11.3 Å². The van der Waals surface area contributed by atoms with E-state index in [9.17, 15) is 4.79 Å². The Bertz CT molecular complexity index is 998. The molecule has 0 spiro atoms. The Morgan fingerprint density at radius 3 is 2.76 bits per heavy atom. The van der Waals surface area contributed by atoms with E-state index in [0.717, 1.165) is 35.2 Å². The number of carbonyl (C=O) groups excluding carboxylic acids is 1. The van der Waals surface area contributed by atoms with Gasteiger partial charge < -0.3 is 13.9 Å². The highest BCUT2D eigenvalue weighted by atomic mass is 79.9. The van der Waals surface area contributed by atoms with Crippen molar-refractivity contribution in [3.05, 3.63) is 45.8 Å². The van der Waals surface area contributed by atoms with Crippen molar-refractivity contribution in [3.63, 3.8) is 0 Å². The van der Waals surface area contributed by atoms with Gasteiger partial charge in [-0.15, -0.1) is 0 Å². The molecule has 1 aliphatic rings. The summed E-state index contributed by atoms with van der Waals surface area (Å²) in [5.41, 5.74) is 2.07. The first-order chi connectivity index (χ1) is 14.0. The molecule has 0 aliphatic carbocycles. The average Bonchev–Trinajstić information content (AvgIpc) is 3.20. The van der Waals surface area contributed by atoms with Crippen LogP contribution in [0.4, 0.5) is 0 Å². The van der Waals surface area contributed by atoms with Gasteiger partial charge in [-0.25, -0.2) is 0 Å². The van der Waals surface area contributed by atoms with E-state index in [1.807, 2.05) is 18.7 Å². The first kappa shape index (κ1) is 19.7. The Kier molecular flexibility index (Phi) is 5.72. The van der Waals surface area contributed by atoms with Crippen LogP contribution in [0.25, 0.3) is 11.5 Å². The zero-order chi connectivity index (χ0) is 20.4. The second kappa shape index (κ2) is 8.42. The van der Waals surface area contributed by atoms with Crippen molar-refractivity contribution in [3.8, 4) is 11.5 Å². The van der Waals surface area contributed by atoms with E-state index in [2.05, 4.69) is 41.1 Å². The third-order valence-electron chi connectivity index (χ3n) is 4.91. The molecule has 0 unspecified atom stereocenters. The predicted octanol–water partition coefficient (Wildman–Crippen LogP) is 2.85. The predicted molar refractivity (Wildman–Crippen MR) is 107 cm³/mol. The molecule has 1 aliphatic heterocycles. The van der Waals surface area contributed by atoms with Crippen LogP contribution >= 0.6 is 15.9 Å². The molecule has 29 heavy (non-hydrogen) atoms. The summed E-state index contributed by atoms with van der Waals surface area (Å²) in [6, 6.07) is 1.80. The van der Waals surface area contributed by atoms with E-state index in [-0.39, 0.29) is 5.91 Å². The third-order valence-corrected chi connectivity index (χ3v) is 5.34. The second-order valence-corrected chi connectivity index (χ2v) is 7.94. The van der Waals surface area contributed by atoms with E-state index in [1.165, 1.54) is 0 Å². The number of carbonyl (C=O) groups is 1. The summed E-state index contributed by atoms with van der Waals surface area (Å²) >= 11 is 3.37. The first-order valence-electron chi connectivity index (χ1n) is 9.39. The highest BCUT2D eigenvalue weighted by Crippen LogP contribution is 2.25. The molecule has 3 aromatic heterocycles. The molecule has 9 nitrogen and oxygen atoms in total. The van der Waals surface area contributed by atoms with Crippen LogP contribution in [0.1, 0.15) is 34.1 Å². The molecule has 3 aromatic rings. The largest absolute Gasteiger partial charge is 0.361 e. The topological polar surface area (TPSA) is 101 Å². The molecule has 0 N–H and O–H groups in total. The zero-order valence-electron chi connectivity index (χ0n) is 16.3. The van der Waals surface area contributed by atoms with E-state index in [4.69, 9.17) is 9.05 Å². The minimum Gasteiger partial charge on any atom is -0.361 e. The molecule has 1 amide bonds. The Balaban J connectivity index is 1.39. The van der Waals surface area contributed by atoms with Crippen molar-refractivity contribution in [2.24, 2.45) is 0 Å². The van der Waals surface area contributed by atoms with Crippen LogP contribution in [0.5, 0.6) is 0 Å². The maximum absolute atomic E-state index is 12.8. The maximum Gasteiger partial charge on any atom is 0.263 e. The number of rotatable bonds is 4. The third kappa shape index (κ3) is 4.38. The summed E-state index contributed by atoms with van der Waals surface area (Å²) < 4.78 is 11.4. The van der Waals surface area contributed by atoms with Gasteiger partial charge in [0.15, 0.2) is 5.82 Å². The summed E-state index contributed by atoms with van der Waals surface area (Å²) in [5, 5.41) is 8.03. The Labute approximate surface area is 176 Å². The molecule has 0 saturated carbocycles. The van der Waals surface area contributed by atoms with Crippen molar-refractivity contribution < 1.29 is 13.8 Å². The SMILES string of the molecule is Cc1noc(C)c1-c1nc(CN2CCCN(C(=O)c3cncc(Br)c3)CC2)no1. The van der Waals surface area contributed by atoms with Gasteiger partial charge in [0.2, 0.25) is 0 Å². The fourth-order valence-corrected chi connectivity index (χ4v) is 3.82. The number of pyridine rings is 1. The number of halogens is 1. The Morgan fingerprint density at radius 2 is 2.00 bits per heavy atom. The quantitative estimate of drug-likeness (QED) is 0.585. The smallest absolute Gasteiger partial charge is 0.263 e. The molecular weight excluding hydrogens is 440 g/mol. The normalized spacial score (nSPS) is 15.5. The lowest BCUT2D eigenvalue weighted by atomic mass is 10.2. The summed E-state index contributed by atoms with van der Waals surface area (Å²) in [5.74, 6) is 1.69. The van der Waals surface area contributed by atoms with Crippen LogP contribution in [-0.4, -0.2) is 62.2 Å². The van der Waals surface area contributed by atoms with Crippen LogP contribution in [0.15, 0.2) is 32.0 Å². The van der Waals surface area contributed by atoms with Gasteiger partial charge in [0, 0.05) is 43.0 Å². The number of hydrogen-bond donors (Lipinski definition) is 0. The van der Waals surface area contributed by atoms with E-state index in [1.54, 1.807) is 18.5 Å². The average molecular weight is 461 g/mol. The fourth-order valence-electron chi connectivity index (χ4n) is 3.45. The van der Waals surface area contributed by atoms with Gasteiger partial charge in [-0.05, 0) is 42.3 Å². The van der Waals surface area contributed by atoms with Crippen LogP contribution in [-0.2, 0) is 6.54 Å². The van der Waals surface area contributed by atoms with Crippen molar-refractivity contribution in [1.82, 2.24) is 30.1 Å². The van der Waals surface area contributed by atoms with Crippen molar-refractivity contribution >= 4 is 21.8 Å².